The maximum absolute atomic E-state index is 12.6. The van der Waals surface area contributed by atoms with Crippen molar-refractivity contribution in [2.24, 2.45) is 0 Å². The monoisotopic (exact) mass is 459 g/mol. The van der Waals surface area contributed by atoms with E-state index in [9.17, 15) is 9.59 Å². The van der Waals surface area contributed by atoms with Crippen LogP contribution in [0.4, 0.5) is 17.3 Å². The normalized spacial score (nSPS) is 16.8. The number of amides is 1. The van der Waals surface area contributed by atoms with Crippen molar-refractivity contribution in [2.75, 3.05) is 54.5 Å². The molecule has 2 aliphatic heterocycles. The number of anilines is 3. The van der Waals surface area contributed by atoms with Gasteiger partial charge < -0.3 is 19.9 Å². The molecule has 0 bridgehead atoms. The summed E-state index contributed by atoms with van der Waals surface area (Å²) in [5, 5.41) is 3.53. The van der Waals surface area contributed by atoms with Gasteiger partial charge >= 0.3 is 0 Å². The number of carbonyl (C=O) groups is 1. The smallest absolute Gasteiger partial charge is 0.255 e. The summed E-state index contributed by atoms with van der Waals surface area (Å²) in [7, 11) is 0. The highest BCUT2D eigenvalue weighted by atomic mass is 35.5. The van der Waals surface area contributed by atoms with Crippen molar-refractivity contribution in [1.29, 1.82) is 0 Å². The third-order valence-electron chi connectivity index (χ3n) is 6.05. The summed E-state index contributed by atoms with van der Waals surface area (Å²) in [5.41, 5.74) is 2.67. The summed E-state index contributed by atoms with van der Waals surface area (Å²) < 4.78 is 5.35. The van der Waals surface area contributed by atoms with Gasteiger partial charge in [-0.25, -0.2) is 4.98 Å². The van der Waals surface area contributed by atoms with E-state index < -0.39 is 0 Å². The summed E-state index contributed by atoms with van der Waals surface area (Å²) in [5.74, 6) is 0.398. The Labute approximate surface area is 192 Å². The van der Waals surface area contributed by atoms with Crippen LogP contribution >= 0.6 is 11.6 Å². The number of nitrogens with zero attached hydrogens (tertiary/aromatic N) is 3. The number of morpholine rings is 1. The highest BCUT2D eigenvalue weighted by Crippen LogP contribution is 2.30. The van der Waals surface area contributed by atoms with Gasteiger partial charge in [0.15, 0.2) is 0 Å². The Morgan fingerprint density at radius 2 is 1.91 bits per heavy atom. The Balaban J connectivity index is 1.35. The first-order chi connectivity index (χ1) is 15.5. The van der Waals surface area contributed by atoms with Crippen LogP contribution in [0, 0.1) is 6.92 Å². The summed E-state index contributed by atoms with van der Waals surface area (Å²) in [4.78, 5) is 36.8. The molecule has 172 valence electrons. The first kappa shape index (κ1) is 22.6. The van der Waals surface area contributed by atoms with Crippen molar-refractivity contribution in [1.82, 2.24) is 9.97 Å². The Kier molecular flexibility index (Phi) is 7.32. The number of ether oxygens (including phenoxy) is 1. The zero-order valence-corrected chi connectivity index (χ0v) is 19.2. The lowest BCUT2D eigenvalue weighted by molar-refractivity contribution is -0.116. The molecule has 32 heavy (non-hydrogen) atoms. The standard InChI is InChI=1S/C23H30ClN5O3/c1-16-18(22(31)27-23(25-16)29-11-13-32-14-12-29)6-8-21(30)26-17-5-7-20(19(24)15-17)28-9-3-2-4-10-28/h5,7,15H,2-4,6,8-14H2,1H3,(H,26,30)(H,25,27,31). The van der Waals surface area contributed by atoms with Crippen LogP contribution in [-0.4, -0.2) is 55.3 Å². The molecule has 0 spiro atoms. The molecule has 2 N–H and O–H groups in total. The minimum Gasteiger partial charge on any atom is -0.378 e. The largest absolute Gasteiger partial charge is 0.378 e. The topological polar surface area (TPSA) is 90.6 Å². The van der Waals surface area contributed by atoms with Crippen LogP contribution < -0.4 is 20.7 Å². The molecule has 1 aromatic carbocycles. The van der Waals surface area contributed by atoms with Crippen molar-refractivity contribution in [3.05, 3.63) is 44.8 Å². The van der Waals surface area contributed by atoms with E-state index >= 15 is 0 Å². The lowest BCUT2D eigenvalue weighted by atomic mass is 10.1. The van der Waals surface area contributed by atoms with Gasteiger partial charge in [0, 0.05) is 49.5 Å². The first-order valence-electron chi connectivity index (χ1n) is 11.3. The third kappa shape index (κ3) is 5.42. The van der Waals surface area contributed by atoms with Gasteiger partial charge in [0.25, 0.3) is 5.56 Å². The summed E-state index contributed by atoms with van der Waals surface area (Å²) in [6.45, 7) is 6.47. The molecule has 0 radical (unpaired) electrons. The van der Waals surface area contributed by atoms with Gasteiger partial charge in [-0.1, -0.05) is 11.6 Å². The van der Waals surface area contributed by atoms with Gasteiger partial charge in [-0.3, -0.25) is 14.6 Å². The number of hydrogen-bond acceptors (Lipinski definition) is 6. The molecule has 2 fully saturated rings. The molecule has 2 aromatic rings. The van der Waals surface area contributed by atoms with E-state index in [1.165, 1.54) is 19.3 Å². The van der Waals surface area contributed by atoms with Gasteiger partial charge in [-0.05, 0) is 50.8 Å². The van der Waals surface area contributed by atoms with Crippen molar-refractivity contribution in [3.8, 4) is 0 Å². The predicted molar refractivity (Wildman–Crippen MR) is 127 cm³/mol. The molecule has 9 heteroatoms. The molecule has 1 amide bonds. The lowest BCUT2D eigenvalue weighted by Crippen LogP contribution is -2.38. The quantitative estimate of drug-likeness (QED) is 0.689. The van der Waals surface area contributed by atoms with Gasteiger partial charge in [-0.2, -0.15) is 0 Å². The maximum Gasteiger partial charge on any atom is 0.255 e. The van der Waals surface area contributed by atoms with E-state index in [4.69, 9.17) is 16.3 Å². The zero-order chi connectivity index (χ0) is 22.5. The molecule has 0 atom stereocenters. The average Bonchev–Trinajstić information content (AvgIpc) is 2.79. The Morgan fingerprint density at radius 3 is 2.59 bits per heavy atom. The van der Waals surface area contributed by atoms with E-state index in [2.05, 4.69) is 20.2 Å². The van der Waals surface area contributed by atoms with Gasteiger partial charge in [-0.15, -0.1) is 0 Å². The molecular weight excluding hydrogens is 430 g/mol. The second kappa shape index (κ2) is 10.4. The number of piperidine rings is 1. The molecule has 8 nitrogen and oxygen atoms in total. The minimum absolute atomic E-state index is 0.164. The fraction of sp³-hybridized carbons (Fsp3) is 0.522. The fourth-order valence-corrected chi connectivity index (χ4v) is 4.55. The SMILES string of the molecule is Cc1nc(N2CCOCC2)[nH]c(=O)c1CCC(=O)Nc1ccc(N2CCCCC2)c(Cl)c1. The molecular formula is C23H30ClN5O3. The van der Waals surface area contributed by atoms with E-state index in [0.29, 0.717) is 60.6 Å². The minimum atomic E-state index is -0.194. The van der Waals surface area contributed by atoms with E-state index in [1.54, 1.807) is 6.07 Å². The molecule has 4 rings (SSSR count). The highest BCUT2D eigenvalue weighted by molar-refractivity contribution is 6.33. The number of aromatic amines is 1. The zero-order valence-electron chi connectivity index (χ0n) is 18.5. The number of hydrogen-bond donors (Lipinski definition) is 2. The number of aromatic nitrogens is 2. The summed E-state index contributed by atoms with van der Waals surface area (Å²) >= 11 is 6.48. The van der Waals surface area contributed by atoms with Crippen LogP contribution in [0.2, 0.25) is 5.02 Å². The van der Waals surface area contributed by atoms with Crippen LogP contribution in [0.3, 0.4) is 0 Å². The molecule has 0 aliphatic carbocycles. The first-order valence-corrected chi connectivity index (χ1v) is 11.7. The average molecular weight is 460 g/mol. The number of rotatable bonds is 6. The molecule has 3 heterocycles. The second-order valence-electron chi connectivity index (χ2n) is 8.31. The van der Waals surface area contributed by atoms with E-state index in [-0.39, 0.29) is 17.9 Å². The van der Waals surface area contributed by atoms with Crippen LogP contribution in [-0.2, 0) is 16.0 Å². The predicted octanol–water partition coefficient (Wildman–Crippen LogP) is 3.13. The molecule has 0 unspecified atom stereocenters. The molecule has 1 aromatic heterocycles. The number of nitrogens with one attached hydrogen (secondary N) is 2. The molecule has 0 saturated carbocycles. The number of H-pyrrole nitrogens is 1. The van der Waals surface area contributed by atoms with Gasteiger partial charge in [0.2, 0.25) is 11.9 Å². The van der Waals surface area contributed by atoms with E-state index in [0.717, 1.165) is 18.8 Å². The van der Waals surface area contributed by atoms with Crippen LogP contribution in [0.5, 0.6) is 0 Å². The Hall–Kier alpha value is -2.58. The lowest BCUT2D eigenvalue weighted by Gasteiger charge is -2.29. The van der Waals surface area contributed by atoms with E-state index in [1.807, 2.05) is 24.0 Å². The molecule has 2 aliphatic rings. The number of aryl methyl sites for hydroxylation is 1. The van der Waals surface area contributed by atoms with Crippen molar-refractivity contribution < 1.29 is 9.53 Å². The van der Waals surface area contributed by atoms with Crippen LogP contribution in [0.1, 0.15) is 36.9 Å². The number of halogens is 1. The van der Waals surface area contributed by atoms with Gasteiger partial charge in [0.05, 0.1) is 23.9 Å². The van der Waals surface area contributed by atoms with Gasteiger partial charge in [0.1, 0.15) is 0 Å². The fourth-order valence-electron chi connectivity index (χ4n) is 4.25. The second-order valence-corrected chi connectivity index (χ2v) is 8.72. The summed E-state index contributed by atoms with van der Waals surface area (Å²) in [6, 6.07) is 5.64. The number of benzene rings is 1. The van der Waals surface area contributed by atoms with Crippen molar-refractivity contribution in [2.45, 2.75) is 39.0 Å². The highest BCUT2D eigenvalue weighted by Gasteiger charge is 2.18. The van der Waals surface area contributed by atoms with Crippen molar-refractivity contribution >= 4 is 34.8 Å². The number of carbonyl (C=O) groups excluding carboxylic acids is 1. The molecule has 2 saturated heterocycles. The maximum atomic E-state index is 12.6. The third-order valence-corrected chi connectivity index (χ3v) is 6.35. The Bertz CT molecular complexity index is 1010. The van der Waals surface area contributed by atoms with Crippen LogP contribution in [0.25, 0.3) is 0 Å². The van der Waals surface area contributed by atoms with Crippen molar-refractivity contribution in [3.63, 3.8) is 0 Å². The van der Waals surface area contributed by atoms with Crippen LogP contribution in [0.15, 0.2) is 23.0 Å². The Morgan fingerprint density at radius 1 is 1.16 bits per heavy atom. The summed E-state index contributed by atoms with van der Waals surface area (Å²) in [6.07, 6.45) is 4.12.